The minimum absolute atomic E-state index is 0.0611. The third kappa shape index (κ3) is 5.46. The molecule has 1 aliphatic rings. The first-order valence-corrected chi connectivity index (χ1v) is 6.85. The predicted octanol–water partition coefficient (Wildman–Crippen LogP) is 1.04. The van der Waals surface area contributed by atoms with Crippen LogP contribution in [0.15, 0.2) is 0 Å². The first-order chi connectivity index (χ1) is 8.90. The first kappa shape index (κ1) is 15.8. The summed E-state index contributed by atoms with van der Waals surface area (Å²) in [5.41, 5.74) is 0. The van der Waals surface area contributed by atoms with Crippen LogP contribution in [0, 0.1) is 5.92 Å². The van der Waals surface area contributed by atoms with Gasteiger partial charge in [0.25, 0.3) is 0 Å². The van der Waals surface area contributed by atoms with Crippen molar-refractivity contribution in [1.29, 1.82) is 0 Å². The van der Waals surface area contributed by atoms with E-state index < -0.39 is 5.97 Å². The van der Waals surface area contributed by atoms with Gasteiger partial charge in [0.2, 0.25) is 0 Å². The van der Waals surface area contributed by atoms with E-state index >= 15 is 0 Å². The molecule has 0 spiro atoms. The van der Waals surface area contributed by atoms with E-state index in [1.165, 1.54) is 0 Å². The van der Waals surface area contributed by atoms with Crippen molar-refractivity contribution < 1.29 is 19.8 Å². The van der Waals surface area contributed by atoms with Gasteiger partial charge in [-0.2, -0.15) is 0 Å². The van der Waals surface area contributed by atoms with E-state index in [2.05, 4.69) is 5.32 Å². The fourth-order valence-corrected chi connectivity index (χ4v) is 2.30. The Hall–Kier alpha value is -1.30. The summed E-state index contributed by atoms with van der Waals surface area (Å²) in [7, 11) is 0. The molecule has 3 N–H and O–H groups in total. The van der Waals surface area contributed by atoms with Crippen molar-refractivity contribution in [3.63, 3.8) is 0 Å². The summed E-state index contributed by atoms with van der Waals surface area (Å²) in [4.78, 5) is 24.1. The molecule has 0 aromatic rings. The largest absolute Gasteiger partial charge is 0.481 e. The van der Waals surface area contributed by atoms with E-state index in [-0.39, 0.29) is 30.5 Å². The Labute approximate surface area is 113 Å². The third-order valence-corrected chi connectivity index (χ3v) is 3.67. The second-order valence-corrected chi connectivity index (χ2v) is 5.35. The number of piperidine rings is 1. The zero-order valence-electron chi connectivity index (χ0n) is 11.6. The molecular weight excluding hydrogens is 248 g/mol. The van der Waals surface area contributed by atoms with Crippen molar-refractivity contribution in [2.45, 2.75) is 51.7 Å². The number of carboxylic acid groups (broad SMARTS) is 1. The number of rotatable bonds is 5. The van der Waals surface area contributed by atoms with Crippen LogP contribution in [0.5, 0.6) is 0 Å². The molecule has 1 saturated heterocycles. The lowest BCUT2D eigenvalue weighted by molar-refractivity contribution is -0.137. The fourth-order valence-electron chi connectivity index (χ4n) is 2.30. The van der Waals surface area contributed by atoms with Crippen LogP contribution in [0.2, 0.25) is 0 Å². The van der Waals surface area contributed by atoms with Crippen LogP contribution >= 0.6 is 0 Å². The van der Waals surface area contributed by atoms with Crippen molar-refractivity contribution in [1.82, 2.24) is 10.2 Å². The number of aliphatic hydroxyl groups excluding tert-OH is 1. The standard InChI is InChI=1S/C13H24N2O4/c1-9(3-4-12(17)18)14-13(19)15-7-5-11(6-8-15)10(2)16/h9-11,16H,3-8H2,1-2H3,(H,14,19)(H,17,18). The van der Waals surface area contributed by atoms with Crippen LogP contribution < -0.4 is 5.32 Å². The second kappa shape index (κ2) is 7.33. The van der Waals surface area contributed by atoms with Gasteiger partial charge in [-0.1, -0.05) is 0 Å². The zero-order chi connectivity index (χ0) is 14.4. The van der Waals surface area contributed by atoms with Crippen LogP contribution in [-0.2, 0) is 4.79 Å². The molecule has 6 nitrogen and oxygen atoms in total. The number of carbonyl (C=O) groups excluding carboxylic acids is 1. The van der Waals surface area contributed by atoms with Gasteiger partial charge in [-0.05, 0) is 39.0 Å². The SMILES string of the molecule is CC(CCC(=O)O)NC(=O)N1CCC(C(C)O)CC1. The number of nitrogens with one attached hydrogen (secondary N) is 1. The molecule has 110 valence electrons. The molecule has 6 heteroatoms. The highest BCUT2D eigenvalue weighted by Crippen LogP contribution is 2.20. The molecule has 0 aromatic carbocycles. The van der Waals surface area contributed by atoms with Gasteiger partial charge in [-0.15, -0.1) is 0 Å². The topological polar surface area (TPSA) is 89.9 Å². The van der Waals surface area contributed by atoms with Gasteiger partial charge in [0.1, 0.15) is 0 Å². The van der Waals surface area contributed by atoms with Crippen molar-refractivity contribution >= 4 is 12.0 Å². The van der Waals surface area contributed by atoms with Crippen LogP contribution in [-0.4, -0.2) is 52.3 Å². The Balaban J connectivity index is 2.29. The summed E-state index contributed by atoms with van der Waals surface area (Å²) in [6.45, 7) is 4.89. The Morgan fingerprint density at radius 2 is 1.89 bits per heavy atom. The molecule has 1 rings (SSSR count). The number of hydrogen-bond donors (Lipinski definition) is 3. The van der Waals surface area contributed by atoms with E-state index in [9.17, 15) is 14.7 Å². The average molecular weight is 272 g/mol. The van der Waals surface area contributed by atoms with Gasteiger partial charge >= 0.3 is 12.0 Å². The Morgan fingerprint density at radius 1 is 1.32 bits per heavy atom. The van der Waals surface area contributed by atoms with Crippen LogP contribution in [0.4, 0.5) is 4.79 Å². The number of amides is 2. The number of carboxylic acids is 1. The molecule has 0 radical (unpaired) electrons. The summed E-state index contributed by atoms with van der Waals surface area (Å²) >= 11 is 0. The smallest absolute Gasteiger partial charge is 0.317 e. The van der Waals surface area contributed by atoms with Crippen molar-refractivity contribution in [2.75, 3.05) is 13.1 Å². The quantitative estimate of drug-likeness (QED) is 0.697. The van der Waals surface area contributed by atoms with Crippen molar-refractivity contribution in [3.8, 4) is 0 Å². The number of carbonyl (C=O) groups is 2. The number of likely N-dealkylation sites (tertiary alicyclic amines) is 1. The first-order valence-electron chi connectivity index (χ1n) is 6.85. The van der Waals surface area contributed by atoms with E-state index in [0.717, 1.165) is 12.8 Å². The van der Waals surface area contributed by atoms with Gasteiger partial charge in [-0.25, -0.2) is 4.79 Å². The predicted molar refractivity (Wildman–Crippen MR) is 70.8 cm³/mol. The van der Waals surface area contributed by atoms with E-state index in [4.69, 9.17) is 5.11 Å². The van der Waals surface area contributed by atoms with Crippen molar-refractivity contribution in [2.24, 2.45) is 5.92 Å². The number of nitrogens with zero attached hydrogens (tertiary/aromatic N) is 1. The maximum absolute atomic E-state index is 11.9. The normalized spacial score (nSPS) is 19.8. The molecule has 1 heterocycles. The summed E-state index contributed by atoms with van der Waals surface area (Å²) in [5, 5.41) is 20.9. The summed E-state index contributed by atoms with van der Waals surface area (Å²) < 4.78 is 0. The van der Waals surface area contributed by atoms with E-state index in [1.807, 2.05) is 6.92 Å². The monoisotopic (exact) mass is 272 g/mol. The van der Waals surface area contributed by atoms with Gasteiger partial charge in [0.05, 0.1) is 6.10 Å². The molecule has 0 aromatic heterocycles. The van der Waals surface area contributed by atoms with Gasteiger partial charge in [0.15, 0.2) is 0 Å². The maximum atomic E-state index is 11.9. The molecule has 2 atom stereocenters. The van der Waals surface area contributed by atoms with Gasteiger partial charge < -0.3 is 20.4 Å². The Bertz CT molecular complexity index is 312. The van der Waals surface area contributed by atoms with Crippen LogP contribution in [0.3, 0.4) is 0 Å². The van der Waals surface area contributed by atoms with E-state index in [1.54, 1.807) is 11.8 Å². The highest BCUT2D eigenvalue weighted by molar-refractivity contribution is 5.74. The maximum Gasteiger partial charge on any atom is 0.317 e. The van der Waals surface area contributed by atoms with Gasteiger partial charge in [-0.3, -0.25) is 4.79 Å². The number of hydrogen-bond acceptors (Lipinski definition) is 3. The highest BCUT2D eigenvalue weighted by atomic mass is 16.4. The summed E-state index contributed by atoms with van der Waals surface area (Å²) in [5.74, 6) is -0.577. The third-order valence-electron chi connectivity index (χ3n) is 3.67. The minimum Gasteiger partial charge on any atom is -0.481 e. The van der Waals surface area contributed by atoms with Crippen LogP contribution in [0.1, 0.15) is 39.5 Å². The summed E-state index contributed by atoms with van der Waals surface area (Å²) in [6, 6.07) is -0.278. The number of aliphatic hydroxyl groups is 1. The average Bonchev–Trinajstić information content (AvgIpc) is 2.36. The highest BCUT2D eigenvalue weighted by Gasteiger charge is 2.25. The van der Waals surface area contributed by atoms with Crippen molar-refractivity contribution in [3.05, 3.63) is 0 Å². The second-order valence-electron chi connectivity index (χ2n) is 5.35. The zero-order valence-corrected chi connectivity index (χ0v) is 11.6. The summed E-state index contributed by atoms with van der Waals surface area (Å²) in [6.07, 6.45) is 1.81. The molecule has 0 bridgehead atoms. The Morgan fingerprint density at radius 3 is 2.37 bits per heavy atom. The molecule has 0 saturated carbocycles. The molecule has 19 heavy (non-hydrogen) atoms. The molecule has 2 unspecified atom stereocenters. The lowest BCUT2D eigenvalue weighted by atomic mass is 9.92. The number of urea groups is 1. The lowest BCUT2D eigenvalue weighted by Gasteiger charge is -2.34. The Kier molecular flexibility index (Phi) is 6.08. The van der Waals surface area contributed by atoms with Crippen LogP contribution in [0.25, 0.3) is 0 Å². The van der Waals surface area contributed by atoms with Gasteiger partial charge in [0, 0.05) is 25.6 Å². The molecule has 2 amide bonds. The van der Waals surface area contributed by atoms with E-state index in [0.29, 0.717) is 19.5 Å². The molecule has 1 fully saturated rings. The molecular formula is C13H24N2O4. The minimum atomic E-state index is -0.848. The fraction of sp³-hybridized carbons (Fsp3) is 0.846. The lowest BCUT2D eigenvalue weighted by Crippen LogP contribution is -2.48. The molecule has 1 aliphatic heterocycles. The molecule has 0 aliphatic carbocycles. The number of aliphatic carboxylic acids is 1.